The van der Waals surface area contributed by atoms with Crippen LogP contribution in [0.3, 0.4) is 0 Å². The van der Waals surface area contributed by atoms with Crippen LogP contribution in [0.2, 0.25) is 0 Å². The van der Waals surface area contributed by atoms with Crippen LogP contribution in [0.25, 0.3) is 0 Å². The van der Waals surface area contributed by atoms with Gasteiger partial charge in [-0.2, -0.15) is 0 Å². The van der Waals surface area contributed by atoms with Gasteiger partial charge in [-0.1, -0.05) is 25.7 Å². The average Bonchev–Trinajstić information content (AvgIpc) is 2.88. The Balaban J connectivity index is 1.97. The first-order chi connectivity index (χ1) is 10.2. The Hall–Kier alpha value is -0.610. The maximum absolute atomic E-state index is 12.9. The SMILES string of the molecule is CC(C(=O)N1CCCCCC1)N(CCCN)C1CCCC1. The molecule has 1 amide bonds. The molecule has 0 bridgehead atoms. The third-order valence-electron chi connectivity index (χ3n) is 5.19. The van der Waals surface area contributed by atoms with Crippen LogP contribution in [-0.4, -0.2) is 54.0 Å². The summed E-state index contributed by atoms with van der Waals surface area (Å²) in [5, 5.41) is 0. The molecule has 1 aliphatic heterocycles. The molecule has 4 heteroatoms. The number of nitrogens with two attached hydrogens (primary N) is 1. The summed E-state index contributed by atoms with van der Waals surface area (Å²) in [6, 6.07) is 0.625. The first-order valence-corrected chi connectivity index (χ1v) is 8.98. The Morgan fingerprint density at radius 3 is 2.33 bits per heavy atom. The van der Waals surface area contributed by atoms with Crippen molar-refractivity contribution in [2.24, 2.45) is 5.73 Å². The topological polar surface area (TPSA) is 49.6 Å². The molecule has 1 aliphatic carbocycles. The van der Waals surface area contributed by atoms with Gasteiger partial charge in [0.25, 0.3) is 0 Å². The van der Waals surface area contributed by atoms with E-state index in [0.717, 1.165) is 26.1 Å². The number of hydrogen-bond donors (Lipinski definition) is 1. The maximum Gasteiger partial charge on any atom is 0.239 e. The van der Waals surface area contributed by atoms with Crippen molar-refractivity contribution in [3.8, 4) is 0 Å². The summed E-state index contributed by atoms with van der Waals surface area (Å²) in [7, 11) is 0. The fourth-order valence-corrected chi connectivity index (χ4v) is 3.90. The van der Waals surface area contributed by atoms with Crippen molar-refractivity contribution in [1.82, 2.24) is 9.80 Å². The second-order valence-electron chi connectivity index (χ2n) is 6.73. The van der Waals surface area contributed by atoms with Gasteiger partial charge in [-0.3, -0.25) is 9.69 Å². The Morgan fingerprint density at radius 1 is 1.14 bits per heavy atom. The lowest BCUT2D eigenvalue weighted by Gasteiger charge is -2.36. The average molecular weight is 295 g/mol. The zero-order chi connectivity index (χ0) is 15.1. The lowest BCUT2D eigenvalue weighted by atomic mass is 10.1. The highest BCUT2D eigenvalue weighted by Crippen LogP contribution is 2.26. The van der Waals surface area contributed by atoms with Crippen molar-refractivity contribution in [1.29, 1.82) is 0 Å². The first kappa shape index (κ1) is 16.8. The zero-order valence-electron chi connectivity index (χ0n) is 13.7. The fourth-order valence-electron chi connectivity index (χ4n) is 3.90. The zero-order valence-corrected chi connectivity index (χ0v) is 13.7. The Labute approximate surface area is 130 Å². The molecule has 1 heterocycles. The minimum absolute atomic E-state index is 0.0257. The van der Waals surface area contributed by atoms with Gasteiger partial charge in [0.1, 0.15) is 0 Å². The first-order valence-electron chi connectivity index (χ1n) is 8.98. The Morgan fingerprint density at radius 2 is 1.76 bits per heavy atom. The van der Waals surface area contributed by atoms with Gasteiger partial charge in [0.15, 0.2) is 0 Å². The molecule has 122 valence electrons. The van der Waals surface area contributed by atoms with Crippen molar-refractivity contribution in [2.45, 2.75) is 76.8 Å². The molecule has 1 atom stereocenters. The number of rotatable bonds is 6. The van der Waals surface area contributed by atoms with Crippen LogP contribution in [0, 0.1) is 0 Å². The van der Waals surface area contributed by atoms with Crippen LogP contribution in [0.15, 0.2) is 0 Å². The van der Waals surface area contributed by atoms with Gasteiger partial charge in [-0.15, -0.1) is 0 Å². The smallest absolute Gasteiger partial charge is 0.239 e. The van der Waals surface area contributed by atoms with Gasteiger partial charge in [-0.05, 0) is 45.6 Å². The Bertz CT molecular complexity index is 307. The molecular weight excluding hydrogens is 262 g/mol. The number of amides is 1. The predicted octanol–water partition coefficient (Wildman–Crippen LogP) is 2.37. The molecular formula is C17H33N3O. The van der Waals surface area contributed by atoms with E-state index in [-0.39, 0.29) is 6.04 Å². The second-order valence-corrected chi connectivity index (χ2v) is 6.73. The third-order valence-corrected chi connectivity index (χ3v) is 5.19. The number of likely N-dealkylation sites (tertiary alicyclic amines) is 1. The molecule has 2 rings (SSSR count). The molecule has 1 saturated heterocycles. The summed E-state index contributed by atoms with van der Waals surface area (Å²) in [6.07, 6.45) is 11.0. The number of hydrogen-bond acceptors (Lipinski definition) is 3. The molecule has 1 unspecified atom stereocenters. The normalized spacial score (nSPS) is 22.5. The molecule has 0 aromatic heterocycles. The summed E-state index contributed by atoms with van der Waals surface area (Å²) >= 11 is 0. The van der Waals surface area contributed by atoms with E-state index in [4.69, 9.17) is 5.73 Å². The molecule has 0 aromatic carbocycles. The van der Waals surface area contributed by atoms with Crippen molar-refractivity contribution >= 4 is 5.91 Å². The molecule has 1 saturated carbocycles. The van der Waals surface area contributed by atoms with Gasteiger partial charge >= 0.3 is 0 Å². The molecule has 21 heavy (non-hydrogen) atoms. The standard InChI is InChI=1S/C17H33N3O/c1-15(17(21)19-12-6-2-3-7-13-19)20(14-8-11-18)16-9-4-5-10-16/h15-16H,2-14,18H2,1H3. The monoisotopic (exact) mass is 295 g/mol. The van der Waals surface area contributed by atoms with Crippen LogP contribution in [0.5, 0.6) is 0 Å². The number of nitrogens with zero attached hydrogens (tertiary/aromatic N) is 2. The summed E-state index contributed by atoms with van der Waals surface area (Å²) in [6.45, 7) is 5.72. The van der Waals surface area contributed by atoms with Gasteiger partial charge in [-0.25, -0.2) is 0 Å². The van der Waals surface area contributed by atoms with Crippen molar-refractivity contribution in [3.63, 3.8) is 0 Å². The van der Waals surface area contributed by atoms with Crippen molar-refractivity contribution in [2.75, 3.05) is 26.2 Å². The van der Waals surface area contributed by atoms with Gasteiger partial charge in [0, 0.05) is 25.7 Å². The highest BCUT2D eigenvalue weighted by molar-refractivity contribution is 5.81. The van der Waals surface area contributed by atoms with Crippen molar-refractivity contribution < 1.29 is 4.79 Å². The number of carbonyl (C=O) groups excluding carboxylic acids is 1. The van der Waals surface area contributed by atoms with E-state index in [1.165, 1.54) is 51.4 Å². The fraction of sp³-hybridized carbons (Fsp3) is 0.941. The minimum Gasteiger partial charge on any atom is -0.341 e. The van der Waals surface area contributed by atoms with Crippen LogP contribution in [-0.2, 0) is 4.79 Å². The summed E-state index contributed by atoms with van der Waals surface area (Å²) in [5.74, 6) is 0.348. The summed E-state index contributed by atoms with van der Waals surface area (Å²) in [4.78, 5) is 17.4. The van der Waals surface area contributed by atoms with Gasteiger partial charge in [0.2, 0.25) is 5.91 Å². The van der Waals surface area contributed by atoms with Crippen LogP contribution in [0.1, 0.15) is 64.7 Å². The van der Waals surface area contributed by atoms with E-state index in [1.807, 2.05) is 0 Å². The largest absolute Gasteiger partial charge is 0.341 e. The van der Waals surface area contributed by atoms with E-state index in [9.17, 15) is 4.79 Å². The lowest BCUT2D eigenvalue weighted by molar-refractivity contribution is -0.137. The van der Waals surface area contributed by atoms with E-state index >= 15 is 0 Å². The molecule has 2 N–H and O–H groups in total. The highest BCUT2D eigenvalue weighted by Gasteiger charge is 2.32. The third kappa shape index (κ3) is 4.68. The van der Waals surface area contributed by atoms with Crippen LogP contribution in [0.4, 0.5) is 0 Å². The second kappa shape index (κ2) is 8.74. The molecule has 2 aliphatic rings. The van der Waals surface area contributed by atoms with E-state index in [2.05, 4.69) is 16.7 Å². The molecule has 0 radical (unpaired) electrons. The Kier molecular flexibility index (Phi) is 6.97. The summed E-state index contributed by atoms with van der Waals surface area (Å²) < 4.78 is 0. The van der Waals surface area contributed by atoms with Crippen LogP contribution >= 0.6 is 0 Å². The van der Waals surface area contributed by atoms with E-state index < -0.39 is 0 Å². The lowest BCUT2D eigenvalue weighted by Crippen LogP contribution is -2.51. The highest BCUT2D eigenvalue weighted by atomic mass is 16.2. The van der Waals surface area contributed by atoms with Gasteiger partial charge in [0.05, 0.1) is 6.04 Å². The minimum atomic E-state index is 0.0257. The van der Waals surface area contributed by atoms with Crippen LogP contribution < -0.4 is 5.73 Å². The molecule has 0 aromatic rings. The van der Waals surface area contributed by atoms with Crippen molar-refractivity contribution in [3.05, 3.63) is 0 Å². The molecule has 2 fully saturated rings. The quantitative estimate of drug-likeness (QED) is 0.818. The van der Waals surface area contributed by atoms with E-state index in [1.54, 1.807) is 0 Å². The van der Waals surface area contributed by atoms with E-state index in [0.29, 0.717) is 18.5 Å². The molecule has 0 spiro atoms. The molecule has 4 nitrogen and oxygen atoms in total. The van der Waals surface area contributed by atoms with Gasteiger partial charge < -0.3 is 10.6 Å². The maximum atomic E-state index is 12.9. The predicted molar refractivity (Wildman–Crippen MR) is 87.1 cm³/mol. The summed E-state index contributed by atoms with van der Waals surface area (Å²) in [5.41, 5.74) is 5.69. The number of carbonyl (C=O) groups is 1.